The number of dihydropyridines is 1. The molecule has 3 aliphatic heterocycles. The lowest BCUT2D eigenvalue weighted by atomic mass is 10.0. The van der Waals surface area contributed by atoms with Crippen LogP contribution in [0.15, 0.2) is 119 Å². The normalized spacial score (nSPS) is 17.4. The minimum atomic E-state index is -0.184. The van der Waals surface area contributed by atoms with Gasteiger partial charge in [-0.3, -0.25) is 4.99 Å². The van der Waals surface area contributed by atoms with Crippen molar-refractivity contribution in [1.29, 1.82) is 0 Å². The molecule has 0 saturated heterocycles. The molecule has 0 amide bonds. The summed E-state index contributed by atoms with van der Waals surface area (Å²) in [6.07, 6.45) is 4.02. The number of hydrogen-bond acceptors (Lipinski definition) is 5. The van der Waals surface area contributed by atoms with E-state index in [0.717, 1.165) is 28.5 Å². The van der Waals surface area contributed by atoms with Crippen molar-refractivity contribution < 1.29 is 4.74 Å². The standard InChI is InChI=1S/C24H20N4O.C7H8/c1-2-6-18-15(5-1)9-10-16-13-26-23(28-22(16)18)17-11-12-20(25-14-17)24-27-19-7-3-4-8-21(19)29-24;1-7-5-3-2-4-6-7/h1-12,24-25,27H,13-14H2,(H,26,28);2-6H,1H3. The quantitative estimate of drug-likeness (QED) is 0.316. The van der Waals surface area contributed by atoms with Gasteiger partial charge in [0, 0.05) is 17.5 Å². The Labute approximate surface area is 211 Å². The molecular formula is C31H28N4O. The SMILES string of the molecule is C1=C(C2=NCc3ccc4ccccc4c3N2)CNC(C2Nc3ccccc3O2)=C1.Cc1ccccc1. The van der Waals surface area contributed by atoms with Crippen LogP contribution in [0.1, 0.15) is 11.1 Å². The number of aliphatic imine (C=N–C) groups is 1. The maximum absolute atomic E-state index is 6.00. The highest BCUT2D eigenvalue weighted by atomic mass is 16.5. The van der Waals surface area contributed by atoms with Crippen LogP contribution in [0.25, 0.3) is 10.8 Å². The van der Waals surface area contributed by atoms with Crippen molar-refractivity contribution in [3.05, 3.63) is 126 Å². The molecule has 0 saturated carbocycles. The zero-order valence-corrected chi connectivity index (χ0v) is 20.2. The van der Waals surface area contributed by atoms with Gasteiger partial charge in [-0.25, -0.2) is 0 Å². The summed E-state index contributed by atoms with van der Waals surface area (Å²) in [6.45, 7) is 3.48. The Kier molecular flexibility index (Phi) is 5.88. The number of allylic oxidation sites excluding steroid dienone is 2. The predicted octanol–water partition coefficient (Wildman–Crippen LogP) is 6.40. The molecule has 178 valence electrons. The van der Waals surface area contributed by atoms with Crippen molar-refractivity contribution >= 4 is 28.0 Å². The second-order valence-electron chi connectivity index (χ2n) is 9.07. The first-order chi connectivity index (χ1) is 17.7. The van der Waals surface area contributed by atoms with Gasteiger partial charge in [0.25, 0.3) is 0 Å². The third kappa shape index (κ3) is 4.43. The number of amidine groups is 1. The molecule has 36 heavy (non-hydrogen) atoms. The monoisotopic (exact) mass is 472 g/mol. The number of anilines is 2. The first kappa shape index (κ1) is 22.0. The van der Waals surface area contributed by atoms with E-state index in [4.69, 9.17) is 9.73 Å². The largest absolute Gasteiger partial charge is 0.463 e. The lowest BCUT2D eigenvalue weighted by Gasteiger charge is -2.25. The second-order valence-corrected chi connectivity index (χ2v) is 9.07. The Balaban J connectivity index is 0.000000299. The molecule has 0 aliphatic carbocycles. The van der Waals surface area contributed by atoms with E-state index in [0.29, 0.717) is 13.1 Å². The van der Waals surface area contributed by atoms with Gasteiger partial charge in [0.15, 0.2) is 0 Å². The molecule has 4 aromatic rings. The van der Waals surface area contributed by atoms with Crippen molar-refractivity contribution in [2.24, 2.45) is 4.99 Å². The van der Waals surface area contributed by atoms with Crippen LogP contribution in [0.5, 0.6) is 5.75 Å². The molecule has 3 aliphatic rings. The fourth-order valence-corrected chi connectivity index (χ4v) is 4.61. The van der Waals surface area contributed by atoms with Crippen molar-refractivity contribution in [3.63, 3.8) is 0 Å². The average molecular weight is 473 g/mol. The number of fused-ring (bicyclic) bond motifs is 4. The summed E-state index contributed by atoms with van der Waals surface area (Å²) in [4.78, 5) is 4.78. The third-order valence-corrected chi connectivity index (χ3v) is 6.56. The van der Waals surface area contributed by atoms with Crippen molar-refractivity contribution in [1.82, 2.24) is 5.32 Å². The molecule has 0 fully saturated rings. The summed E-state index contributed by atoms with van der Waals surface area (Å²) in [5, 5.41) is 12.9. The van der Waals surface area contributed by atoms with Crippen LogP contribution in [0.2, 0.25) is 0 Å². The molecule has 5 nitrogen and oxygen atoms in total. The highest BCUT2D eigenvalue weighted by Gasteiger charge is 2.27. The van der Waals surface area contributed by atoms with E-state index in [-0.39, 0.29) is 6.23 Å². The Bertz CT molecular complexity index is 1480. The van der Waals surface area contributed by atoms with E-state index in [1.807, 2.05) is 42.5 Å². The van der Waals surface area contributed by atoms with Crippen LogP contribution in [-0.4, -0.2) is 18.6 Å². The molecule has 1 atom stereocenters. The fraction of sp³-hybridized carbons (Fsp3) is 0.129. The van der Waals surface area contributed by atoms with Gasteiger partial charge in [0.2, 0.25) is 6.23 Å². The molecule has 4 aromatic carbocycles. The Morgan fingerprint density at radius 1 is 0.833 bits per heavy atom. The Morgan fingerprint density at radius 3 is 2.42 bits per heavy atom. The molecule has 1 unspecified atom stereocenters. The molecule has 5 heteroatoms. The maximum atomic E-state index is 6.00. The zero-order chi connectivity index (χ0) is 24.3. The highest BCUT2D eigenvalue weighted by Crippen LogP contribution is 2.34. The number of benzene rings is 4. The van der Waals surface area contributed by atoms with Gasteiger partial charge in [-0.1, -0.05) is 90.5 Å². The molecule has 0 radical (unpaired) electrons. The summed E-state index contributed by atoms with van der Waals surface area (Å²) >= 11 is 0. The molecule has 0 aromatic heterocycles. The highest BCUT2D eigenvalue weighted by molar-refractivity contribution is 6.14. The lowest BCUT2D eigenvalue weighted by Crippen LogP contribution is -2.36. The molecule has 0 bridgehead atoms. The van der Waals surface area contributed by atoms with Crippen LogP contribution in [0.3, 0.4) is 0 Å². The van der Waals surface area contributed by atoms with Crippen LogP contribution in [0.4, 0.5) is 11.4 Å². The number of aryl methyl sites for hydroxylation is 1. The topological polar surface area (TPSA) is 57.7 Å². The summed E-state index contributed by atoms with van der Waals surface area (Å²) in [5.41, 5.74) is 6.91. The third-order valence-electron chi connectivity index (χ3n) is 6.56. The number of para-hydroxylation sites is 2. The number of rotatable bonds is 2. The van der Waals surface area contributed by atoms with Gasteiger partial charge in [-0.05, 0) is 36.1 Å². The van der Waals surface area contributed by atoms with E-state index >= 15 is 0 Å². The van der Waals surface area contributed by atoms with Gasteiger partial charge in [0.1, 0.15) is 11.6 Å². The number of nitrogens with one attached hydrogen (secondary N) is 3. The van der Waals surface area contributed by atoms with Crippen molar-refractivity contribution in [3.8, 4) is 5.75 Å². The summed E-state index contributed by atoms with van der Waals surface area (Å²) in [5.74, 6) is 1.82. The number of hydrogen-bond donors (Lipinski definition) is 3. The lowest BCUT2D eigenvalue weighted by molar-refractivity contribution is 0.280. The second kappa shape index (κ2) is 9.62. The van der Waals surface area contributed by atoms with Gasteiger partial charge in [-0.15, -0.1) is 0 Å². The van der Waals surface area contributed by atoms with Crippen LogP contribution < -0.4 is 20.7 Å². The summed E-state index contributed by atoms with van der Waals surface area (Å²) < 4.78 is 6.00. The minimum Gasteiger partial charge on any atom is -0.463 e. The van der Waals surface area contributed by atoms with E-state index < -0.39 is 0 Å². The first-order valence-electron chi connectivity index (χ1n) is 12.3. The molecule has 0 spiro atoms. The van der Waals surface area contributed by atoms with E-state index in [2.05, 4.69) is 83.6 Å². The predicted molar refractivity (Wildman–Crippen MR) is 149 cm³/mol. The maximum Gasteiger partial charge on any atom is 0.211 e. The van der Waals surface area contributed by atoms with Crippen molar-refractivity contribution in [2.45, 2.75) is 19.7 Å². The summed E-state index contributed by atoms with van der Waals surface area (Å²) in [6, 6.07) is 31.1. The van der Waals surface area contributed by atoms with Gasteiger partial charge < -0.3 is 20.7 Å². The van der Waals surface area contributed by atoms with E-state index in [1.54, 1.807) is 0 Å². The molecule has 3 N–H and O–H groups in total. The molecule has 7 rings (SSSR count). The van der Waals surface area contributed by atoms with Gasteiger partial charge in [0.05, 0.1) is 23.6 Å². The van der Waals surface area contributed by atoms with E-state index in [1.165, 1.54) is 27.6 Å². The smallest absolute Gasteiger partial charge is 0.211 e. The zero-order valence-electron chi connectivity index (χ0n) is 20.2. The van der Waals surface area contributed by atoms with Crippen LogP contribution >= 0.6 is 0 Å². The molecular weight excluding hydrogens is 444 g/mol. The van der Waals surface area contributed by atoms with E-state index in [9.17, 15) is 0 Å². The summed E-state index contributed by atoms with van der Waals surface area (Å²) in [7, 11) is 0. The van der Waals surface area contributed by atoms with Crippen molar-refractivity contribution in [2.75, 3.05) is 17.2 Å². The Hall–Kier alpha value is -4.51. The van der Waals surface area contributed by atoms with Crippen LogP contribution in [0, 0.1) is 6.92 Å². The van der Waals surface area contributed by atoms with Gasteiger partial charge in [-0.2, -0.15) is 0 Å². The molecule has 3 heterocycles. The minimum absolute atomic E-state index is 0.184. The average Bonchev–Trinajstić information content (AvgIpc) is 3.38. The number of ether oxygens (including phenoxy) is 1. The van der Waals surface area contributed by atoms with Gasteiger partial charge >= 0.3 is 0 Å². The Morgan fingerprint density at radius 2 is 1.64 bits per heavy atom. The first-order valence-corrected chi connectivity index (χ1v) is 12.3. The fourth-order valence-electron chi connectivity index (χ4n) is 4.61. The number of nitrogens with zero attached hydrogens (tertiary/aromatic N) is 1. The van der Waals surface area contributed by atoms with Crippen LogP contribution in [-0.2, 0) is 6.54 Å².